The molecule has 2 aromatic carbocycles. The summed E-state index contributed by atoms with van der Waals surface area (Å²) < 4.78 is 5.34. The van der Waals surface area contributed by atoms with E-state index in [4.69, 9.17) is 4.74 Å². The van der Waals surface area contributed by atoms with Crippen molar-refractivity contribution in [3.05, 3.63) is 60.2 Å². The first-order chi connectivity index (χ1) is 12.6. The maximum atomic E-state index is 11.9. The van der Waals surface area contributed by atoms with Gasteiger partial charge in [-0.05, 0) is 30.2 Å². The van der Waals surface area contributed by atoms with Gasteiger partial charge in [0.15, 0.2) is 0 Å². The summed E-state index contributed by atoms with van der Waals surface area (Å²) in [6.07, 6.45) is 0.694. The largest absolute Gasteiger partial charge is 0.496 e. The van der Waals surface area contributed by atoms with Crippen molar-refractivity contribution >= 4 is 17.6 Å². The van der Waals surface area contributed by atoms with Crippen LogP contribution in [0.1, 0.15) is 12.5 Å². The fourth-order valence-corrected chi connectivity index (χ4v) is 2.59. The zero-order chi connectivity index (χ0) is 18.8. The second-order valence-corrected chi connectivity index (χ2v) is 5.81. The minimum absolute atomic E-state index is 0.0230. The molecule has 0 saturated carbocycles. The van der Waals surface area contributed by atoms with Gasteiger partial charge in [-0.2, -0.15) is 0 Å². The van der Waals surface area contributed by atoms with E-state index in [1.165, 1.54) is 6.92 Å². The molecule has 0 unspecified atom stereocenters. The molecule has 0 saturated heterocycles. The number of carbonyl (C=O) groups is 2. The summed E-state index contributed by atoms with van der Waals surface area (Å²) in [5, 5.41) is 5.52. The summed E-state index contributed by atoms with van der Waals surface area (Å²) in [5.74, 6) is 0.793. The Hall–Kier alpha value is -3.02. The highest BCUT2D eigenvalue weighted by Gasteiger charge is 2.11. The molecule has 0 fully saturated rings. The van der Waals surface area contributed by atoms with Crippen LogP contribution in [0.25, 0.3) is 0 Å². The number of hydrogen-bond acceptors (Lipinski definition) is 3. The van der Waals surface area contributed by atoms with E-state index in [1.807, 2.05) is 54.6 Å². The van der Waals surface area contributed by atoms with Crippen LogP contribution in [0.4, 0.5) is 10.5 Å². The first-order valence-corrected chi connectivity index (χ1v) is 8.57. The lowest BCUT2D eigenvalue weighted by Gasteiger charge is -2.22. The highest BCUT2D eigenvalue weighted by atomic mass is 16.5. The molecule has 0 aromatic heterocycles. The standard InChI is InChI=1S/C20H25N3O3/c1-16(24)23(14-12-17-8-6-7-11-19(17)26-2)15-13-21-20(25)22-18-9-4-3-5-10-18/h3-11H,12-15H2,1-2H3,(H2,21,22,25). The van der Waals surface area contributed by atoms with Gasteiger partial charge in [0.2, 0.25) is 5.91 Å². The minimum Gasteiger partial charge on any atom is -0.496 e. The van der Waals surface area contributed by atoms with Crippen molar-refractivity contribution in [3.63, 3.8) is 0 Å². The number of nitrogens with one attached hydrogen (secondary N) is 2. The van der Waals surface area contributed by atoms with Crippen molar-refractivity contribution in [2.45, 2.75) is 13.3 Å². The Bertz CT molecular complexity index is 719. The van der Waals surface area contributed by atoms with E-state index in [-0.39, 0.29) is 11.9 Å². The molecule has 138 valence electrons. The van der Waals surface area contributed by atoms with Gasteiger partial charge in [-0.1, -0.05) is 36.4 Å². The molecule has 2 N–H and O–H groups in total. The number of anilines is 1. The van der Waals surface area contributed by atoms with Crippen molar-refractivity contribution in [3.8, 4) is 5.75 Å². The zero-order valence-corrected chi connectivity index (χ0v) is 15.2. The molecule has 0 radical (unpaired) electrons. The molecule has 6 nitrogen and oxygen atoms in total. The van der Waals surface area contributed by atoms with Crippen LogP contribution < -0.4 is 15.4 Å². The number of carbonyl (C=O) groups excluding carboxylic acids is 2. The Labute approximate surface area is 154 Å². The van der Waals surface area contributed by atoms with Gasteiger partial charge in [-0.25, -0.2) is 4.79 Å². The molecule has 0 aliphatic rings. The van der Waals surface area contributed by atoms with E-state index in [0.29, 0.717) is 26.1 Å². The Kier molecular flexibility index (Phi) is 7.49. The Morgan fingerprint density at radius 2 is 1.69 bits per heavy atom. The zero-order valence-electron chi connectivity index (χ0n) is 15.2. The van der Waals surface area contributed by atoms with Gasteiger partial charge in [-0.15, -0.1) is 0 Å². The Morgan fingerprint density at radius 1 is 1.00 bits per heavy atom. The summed E-state index contributed by atoms with van der Waals surface area (Å²) in [4.78, 5) is 25.5. The van der Waals surface area contributed by atoms with Crippen LogP contribution >= 0.6 is 0 Å². The average molecular weight is 355 g/mol. The lowest BCUT2D eigenvalue weighted by atomic mass is 10.1. The van der Waals surface area contributed by atoms with E-state index in [9.17, 15) is 9.59 Å². The summed E-state index contributed by atoms with van der Waals surface area (Å²) in [7, 11) is 1.64. The second-order valence-electron chi connectivity index (χ2n) is 5.81. The maximum Gasteiger partial charge on any atom is 0.319 e. The number of amides is 3. The van der Waals surface area contributed by atoms with Crippen LogP contribution in [0.2, 0.25) is 0 Å². The first kappa shape index (κ1) is 19.3. The topological polar surface area (TPSA) is 70.7 Å². The monoisotopic (exact) mass is 355 g/mol. The van der Waals surface area contributed by atoms with Gasteiger partial charge in [0.25, 0.3) is 0 Å². The van der Waals surface area contributed by atoms with Crippen LogP contribution in [0.5, 0.6) is 5.75 Å². The van der Waals surface area contributed by atoms with E-state index in [0.717, 1.165) is 17.0 Å². The van der Waals surface area contributed by atoms with Crippen LogP contribution in [0, 0.1) is 0 Å². The highest BCUT2D eigenvalue weighted by molar-refractivity contribution is 5.89. The molecule has 2 aromatic rings. The van der Waals surface area contributed by atoms with Crippen molar-refractivity contribution in [1.29, 1.82) is 0 Å². The SMILES string of the molecule is COc1ccccc1CCN(CCNC(=O)Nc1ccccc1)C(C)=O. The number of methoxy groups -OCH3 is 1. The third kappa shape index (κ3) is 6.12. The summed E-state index contributed by atoms with van der Waals surface area (Å²) in [5.41, 5.74) is 1.78. The maximum absolute atomic E-state index is 11.9. The third-order valence-electron chi connectivity index (χ3n) is 3.99. The van der Waals surface area contributed by atoms with Gasteiger partial charge < -0.3 is 20.3 Å². The van der Waals surface area contributed by atoms with Crippen molar-refractivity contribution in [2.75, 3.05) is 32.1 Å². The van der Waals surface area contributed by atoms with E-state index < -0.39 is 0 Å². The van der Waals surface area contributed by atoms with Gasteiger partial charge in [0.1, 0.15) is 5.75 Å². The van der Waals surface area contributed by atoms with E-state index >= 15 is 0 Å². The minimum atomic E-state index is -0.288. The molecule has 0 heterocycles. The van der Waals surface area contributed by atoms with Crippen LogP contribution in [-0.4, -0.2) is 43.6 Å². The molecule has 0 atom stereocenters. The lowest BCUT2D eigenvalue weighted by Crippen LogP contribution is -2.39. The summed E-state index contributed by atoms with van der Waals surface area (Å²) >= 11 is 0. The normalized spacial score (nSPS) is 10.1. The Morgan fingerprint density at radius 3 is 2.38 bits per heavy atom. The van der Waals surface area contributed by atoms with Crippen LogP contribution in [0.15, 0.2) is 54.6 Å². The van der Waals surface area contributed by atoms with Gasteiger partial charge in [0, 0.05) is 32.2 Å². The Balaban J connectivity index is 1.79. The van der Waals surface area contributed by atoms with Crippen molar-refractivity contribution in [2.24, 2.45) is 0 Å². The molecule has 6 heteroatoms. The smallest absolute Gasteiger partial charge is 0.319 e. The lowest BCUT2D eigenvalue weighted by molar-refractivity contribution is -0.128. The summed E-state index contributed by atoms with van der Waals surface area (Å²) in [6, 6.07) is 16.7. The van der Waals surface area contributed by atoms with Crippen molar-refractivity contribution in [1.82, 2.24) is 10.2 Å². The number of benzene rings is 2. The second kappa shape index (κ2) is 10.1. The molecule has 2 rings (SSSR count). The fraction of sp³-hybridized carbons (Fsp3) is 0.300. The highest BCUT2D eigenvalue weighted by Crippen LogP contribution is 2.18. The van der Waals surface area contributed by atoms with E-state index in [2.05, 4.69) is 10.6 Å². The van der Waals surface area contributed by atoms with E-state index in [1.54, 1.807) is 12.0 Å². The predicted molar refractivity (Wildman–Crippen MR) is 102 cm³/mol. The summed E-state index contributed by atoms with van der Waals surface area (Å²) in [6.45, 7) is 2.93. The number of ether oxygens (including phenoxy) is 1. The van der Waals surface area contributed by atoms with Gasteiger partial charge in [-0.3, -0.25) is 4.79 Å². The fourth-order valence-electron chi connectivity index (χ4n) is 2.59. The first-order valence-electron chi connectivity index (χ1n) is 8.57. The molecular weight excluding hydrogens is 330 g/mol. The molecule has 0 aliphatic heterocycles. The number of hydrogen-bond donors (Lipinski definition) is 2. The molecule has 26 heavy (non-hydrogen) atoms. The molecule has 0 aliphatic carbocycles. The quantitative estimate of drug-likeness (QED) is 0.765. The van der Waals surface area contributed by atoms with Gasteiger partial charge >= 0.3 is 6.03 Å². The molecule has 0 spiro atoms. The third-order valence-corrected chi connectivity index (χ3v) is 3.99. The number of rotatable bonds is 8. The molecular formula is C20H25N3O3. The van der Waals surface area contributed by atoms with Gasteiger partial charge in [0.05, 0.1) is 7.11 Å². The predicted octanol–water partition coefficient (Wildman–Crippen LogP) is 2.91. The number of para-hydroxylation sites is 2. The van der Waals surface area contributed by atoms with Crippen LogP contribution in [0.3, 0.4) is 0 Å². The molecule has 0 bridgehead atoms. The van der Waals surface area contributed by atoms with Crippen molar-refractivity contribution < 1.29 is 14.3 Å². The number of nitrogens with zero attached hydrogens (tertiary/aromatic N) is 1. The van der Waals surface area contributed by atoms with Crippen LogP contribution in [-0.2, 0) is 11.2 Å². The average Bonchev–Trinajstić information content (AvgIpc) is 2.65. The number of urea groups is 1. The molecule has 3 amide bonds.